The van der Waals surface area contributed by atoms with Crippen LogP contribution in [0, 0.1) is 5.92 Å². The van der Waals surface area contributed by atoms with Crippen LogP contribution in [0.25, 0.3) is 0 Å². The fourth-order valence-electron chi connectivity index (χ4n) is 2.22. The van der Waals surface area contributed by atoms with Crippen molar-refractivity contribution in [2.75, 3.05) is 18.4 Å². The van der Waals surface area contributed by atoms with Gasteiger partial charge in [0.1, 0.15) is 12.4 Å². The van der Waals surface area contributed by atoms with E-state index in [4.69, 9.17) is 4.74 Å². The molecule has 0 spiro atoms. The van der Waals surface area contributed by atoms with E-state index in [0.717, 1.165) is 23.8 Å². The van der Waals surface area contributed by atoms with Crippen LogP contribution in [0.15, 0.2) is 48.7 Å². The third-order valence-corrected chi connectivity index (χ3v) is 3.65. The molecule has 2 N–H and O–H groups in total. The number of carbonyl (C=O) groups is 1. The minimum Gasteiger partial charge on any atom is -0.487 e. The van der Waals surface area contributed by atoms with Gasteiger partial charge in [0.15, 0.2) is 0 Å². The van der Waals surface area contributed by atoms with Crippen LogP contribution in [0.3, 0.4) is 0 Å². The lowest BCUT2D eigenvalue weighted by molar-refractivity contribution is -0.115. The molecule has 5 nitrogen and oxygen atoms in total. The fourth-order valence-corrected chi connectivity index (χ4v) is 2.22. The largest absolute Gasteiger partial charge is 0.487 e. The Morgan fingerprint density at radius 3 is 2.72 bits per heavy atom. The zero-order valence-electron chi connectivity index (χ0n) is 13.8. The highest BCUT2D eigenvalue weighted by Gasteiger charge is 2.20. The van der Waals surface area contributed by atoms with Crippen molar-refractivity contribution < 1.29 is 9.53 Å². The second-order valence-electron chi connectivity index (χ2n) is 5.76. The quantitative estimate of drug-likeness (QED) is 0.732. The number of carbonyl (C=O) groups excluding carboxylic acids is 1. The van der Waals surface area contributed by atoms with E-state index in [9.17, 15) is 4.79 Å². The molecule has 1 amide bonds. The average Bonchev–Trinajstić information content (AvgIpc) is 3.39. The van der Waals surface area contributed by atoms with Gasteiger partial charge in [0.2, 0.25) is 5.91 Å². The number of ether oxygens (including phenoxy) is 1. The summed E-state index contributed by atoms with van der Waals surface area (Å²) in [6, 6.07) is 13.1. The Morgan fingerprint density at radius 2 is 2.00 bits per heavy atom. The van der Waals surface area contributed by atoms with E-state index in [0.29, 0.717) is 18.9 Å². The predicted octanol–water partition coefficient (Wildman–Crippen LogP) is 3.44. The Morgan fingerprint density at radius 1 is 1.16 bits per heavy atom. The molecule has 25 heavy (non-hydrogen) atoms. The van der Waals surface area contributed by atoms with E-state index in [1.165, 1.54) is 12.8 Å². The molecule has 136 valence electrons. The van der Waals surface area contributed by atoms with E-state index < -0.39 is 0 Å². The summed E-state index contributed by atoms with van der Waals surface area (Å²) in [4.78, 5) is 16.1. The molecule has 0 radical (unpaired) electrons. The molecule has 1 aromatic carbocycles. The maximum atomic E-state index is 11.9. The monoisotopic (exact) mass is 383 g/mol. The van der Waals surface area contributed by atoms with Gasteiger partial charge >= 0.3 is 0 Å². The molecule has 1 aliphatic rings. The minimum absolute atomic E-state index is 0. The highest BCUT2D eigenvalue weighted by molar-refractivity contribution is 5.92. The molecule has 3 rings (SSSR count). The van der Waals surface area contributed by atoms with Crippen LogP contribution in [0.5, 0.6) is 5.75 Å². The third-order valence-electron chi connectivity index (χ3n) is 3.65. The van der Waals surface area contributed by atoms with Gasteiger partial charge in [0.05, 0.1) is 12.2 Å². The van der Waals surface area contributed by atoms with Crippen molar-refractivity contribution in [2.45, 2.75) is 19.4 Å². The summed E-state index contributed by atoms with van der Waals surface area (Å²) in [5, 5.41) is 6.05. The number of nitrogens with zero attached hydrogens (tertiary/aromatic N) is 1. The normalized spacial score (nSPS) is 12.5. The third kappa shape index (κ3) is 7.73. The molecular formula is C18H23Cl2N3O2. The van der Waals surface area contributed by atoms with Gasteiger partial charge in [-0.1, -0.05) is 12.1 Å². The van der Waals surface area contributed by atoms with E-state index in [2.05, 4.69) is 15.6 Å². The van der Waals surface area contributed by atoms with Crippen molar-refractivity contribution in [1.29, 1.82) is 0 Å². The molecule has 7 heteroatoms. The molecule has 1 aromatic heterocycles. The topological polar surface area (TPSA) is 63.2 Å². The van der Waals surface area contributed by atoms with E-state index >= 15 is 0 Å². The molecule has 0 bridgehead atoms. The Balaban J connectivity index is 0.00000156. The second kappa shape index (κ2) is 10.9. The highest BCUT2D eigenvalue weighted by atomic mass is 35.5. The van der Waals surface area contributed by atoms with E-state index in [-0.39, 0.29) is 30.7 Å². The maximum absolute atomic E-state index is 11.9. The number of nitrogens with one attached hydrogen (secondary N) is 2. The Kier molecular flexibility index (Phi) is 9.27. The van der Waals surface area contributed by atoms with Crippen molar-refractivity contribution in [3.8, 4) is 5.75 Å². The molecule has 1 aliphatic carbocycles. The first-order valence-corrected chi connectivity index (χ1v) is 7.93. The van der Waals surface area contributed by atoms with Gasteiger partial charge < -0.3 is 15.4 Å². The molecule has 1 fully saturated rings. The van der Waals surface area contributed by atoms with Crippen molar-refractivity contribution in [2.24, 2.45) is 5.92 Å². The second-order valence-corrected chi connectivity index (χ2v) is 5.76. The number of aromatic nitrogens is 1. The summed E-state index contributed by atoms with van der Waals surface area (Å²) >= 11 is 0. The van der Waals surface area contributed by atoms with Crippen molar-refractivity contribution >= 4 is 36.4 Å². The molecule has 0 saturated heterocycles. The van der Waals surface area contributed by atoms with Crippen LogP contribution in [-0.2, 0) is 11.4 Å². The fraction of sp³-hybridized carbons (Fsp3) is 0.333. The molecule has 2 aromatic rings. The Bertz CT molecular complexity index is 652. The SMILES string of the molecule is Cl.Cl.O=C(CNCC1CC1)Nc1cccc(OCc2ccccn2)c1. The van der Waals surface area contributed by atoms with E-state index in [1.807, 2.05) is 42.5 Å². The Hall–Kier alpha value is -1.82. The van der Waals surface area contributed by atoms with Gasteiger partial charge in [0, 0.05) is 18.0 Å². The lowest BCUT2D eigenvalue weighted by atomic mass is 10.3. The van der Waals surface area contributed by atoms with Crippen LogP contribution < -0.4 is 15.4 Å². The van der Waals surface area contributed by atoms with Gasteiger partial charge in [0.25, 0.3) is 0 Å². The molecule has 0 atom stereocenters. The summed E-state index contributed by atoms with van der Waals surface area (Å²) in [5.41, 5.74) is 1.60. The summed E-state index contributed by atoms with van der Waals surface area (Å²) in [6.07, 6.45) is 4.30. The number of hydrogen-bond donors (Lipinski definition) is 2. The number of halogens is 2. The van der Waals surface area contributed by atoms with Crippen LogP contribution >= 0.6 is 24.8 Å². The summed E-state index contributed by atoms with van der Waals surface area (Å²) in [7, 11) is 0. The maximum Gasteiger partial charge on any atom is 0.238 e. The molecular weight excluding hydrogens is 361 g/mol. The van der Waals surface area contributed by atoms with Gasteiger partial charge in [-0.05, 0) is 49.6 Å². The lowest BCUT2D eigenvalue weighted by Crippen LogP contribution is -2.29. The van der Waals surface area contributed by atoms with Crippen LogP contribution in [0.2, 0.25) is 0 Å². The first-order chi connectivity index (χ1) is 11.3. The van der Waals surface area contributed by atoms with Crippen molar-refractivity contribution in [3.63, 3.8) is 0 Å². The zero-order valence-corrected chi connectivity index (χ0v) is 15.4. The van der Waals surface area contributed by atoms with Crippen molar-refractivity contribution in [3.05, 3.63) is 54.4 Å². The lowest BCUT2D eigenvalue weighted by Gasteiger charge is -2.09. The van der Waals surface area contributed by atoms with Gasteiger partial charge in [-0.25, -0.2) is 0 Å². The summed E-state index contributed by atoms with van der Waals surface area (Å²) in [5.74, 6) is 1.44. The zero-order chi connectivity index (χ0) is 15.9. The smallest absolute Gasteiger partial charge is 0.238 e. The molecule has 1 heterocycles. The number of benzene rings is 1. The summed E-state index contributed by atoms with van der Waals surface area (Å²) in [6.45, 7) is 1.68. The molecule has 0 aliphatic heterocycles. The average molecular weight is 384 g/mol. The Labute approximate surface area is 160 Å². The number of anilines is 1. The van der Waals surface area contributed by atoms with Crippen molar-refractivity contribution in [1.82, 2.24) is 10.3 Å². The first-order valence-electron chi connectivity index (χ1n) is 7.93. The van der Waals surface area contributed by atoms with Crippen LogP contribution in [-0.4, -0.2) is 24.0 Å². The first kappa shape index (κ1) is 21.2. The molecule has 0 unspecified atom stereocenters. The van der Waals surface area contributed by atoms with E-state index in [1.54, 1.807) is 6.20 Å². The minimum atomic E-state index is -0.0347. The van der Waals surface area contributed by atoms with Crippen LogP contribution in [0.4, 0.5) is 5.69 Å². The number of amides is 1. The highest BCUT2D eigenvalue weighted by Crippen LogP contribution is 2.27. The number of rotatable bonds is 8. The van der Waals surface area contributed by atoms with Gasteiger partial charge in [-0.15, -0.1) is 24.8 Å². The standard InChI is InChI=1S/C18H21N3O2.2ClH/c22-18(12-19-11-14-7-8-14)21-15-5-3-6-17(10-15)23-13-16-4-1-2-9-20-16;;/h1-6,9-10,14,19H,7-8,11-13H2,(H,21,22);2*1H. The number of hydrogen-bond acceptors (Lipinski definition) is 4. The number of pyridine rings is 1. The molecule has 1 saturated carbocycles. The summed E-state index contributed by atoms with van der Waals surface area (Å²) < 4.78 is 5.71. The predicted molar refractivity (Wildman–Crippen MR) is 104 cm³/mol. The van der Waals surface area contributed by atoms with Gasteiger partial charge in [-0.2, -0.15) is 0 Å². The van der Waals surface area contributed by atoms with Crippen LogP contribution in [0.1, 0.15) is 18.5 Å². The van der Waals surface area contributed by atoms with Gasteiger partial charge in [-0.3, -0.25) is 9.78 Å².